The highest BCUT2D eigenvalue weighted by Crippen LogP contribution is 2.22. The first-order chi connectivity index (χ1) is 9.86. The van der Waals surface area contributed by atoms with E-state index in [0.29, 0.717) is 17.1 Å². The van der Waals surface area contributed by atoms with Crippen molar-refractivity contribution in [3.8, 4) is 0 Å². The molecule has 0 spiro atoms. The first-order valence-electron chi connectivity index (χ1n) is 6.79. The summed E-state index contributed by atoms with van der Waals surface area (Å²) in [5.41, 5.74) is 0.176. The normalized spacial score (nSPS) is 12.2. The van der Waals surface area contributed by atoms with Gasteiger partial charge in [0.1, 0.15) is 0 Å². The highest BCUT2D eigenvalue weighted by molar-refractivity contribution is 9.10. The quantitative estimate of drug-likeness (QED) is 0.601. The predicted molar refractivity (Wildman–Crippen MR) is 85.5 cm³/mol. The molecule has 0 aliphatic carbocycles. The Bertz CT molecular complexity index is 522. The summed E-state index contributed by atoms with van der Waals surface area (Å²) >= 11 is 3.24. The SMILES string of the molecule is CCC(C)N(C)CCNC(=O)c1cc([N+](=O)[O-])ccc1Br. The molecular weight excluding hydrogens is 338 g/mol. The first kappa shape index (κ1) is 17.6. The van der Waals surface area contributed by atoms with Crippen LogP contribution in [0.1, 0.15) is 30.6 Å². The Morgan fingerprint density at radius 1 is 1.52 bits per heavy atom. The maximum absolute atomic E-state index is 12.1. The lowest BCUT2D eigenvalue weighted by Crippen LogP contribution is -2.37. The highest BCUT2D eigenvalue weighted by Gasteiger charge is 2.15. The van der Waals surface area contributed by atoms with Crippen LogP contribution in [-0.2, 0) is 0 Å². The number of benzene rings is 1. The number of nitro benzene ring substituents is 1. The molecule has 0 aliphatic heterocycles. The molecule has 7 heteroatoms. The van der Waals surface area contributed by atoms with E-state index in [-0.39, 0.29) is 17.2 Å². The third kappa shape index (κ3) is 5.09. The number of hydrogen-bond acceptors (Lipinski definition) is 4. The molecule has 0 saturated heterocycles. The van der Waals surface area contributed by atoms with E-state index < -0.39 is 4.92 Å². The van der Waals surface area contributed by atoms with Gasteiger partial charge in [-0.1, -0.05) is 6.92 Å². The Morgan fingerprint density at radius 3 is 2.76 bits per heavy atom. The zero-order valence-corrected chi connectivity index (χ0v) is 14.0. The third-order valence-electron chi connectivity index (χ3n) is 3.50. The number of amides is 1. The lowest BCUT2D eigenvalue weighted by molar-refractivity contribution is -0.384. The average Bonchev–Trinajstić information content (AvgIpc) is 2.46. The summed E-state index contributed by atoms with van der Waals surface area (Å²) in [5.74, 6) is -0.317. The molecular formula is C14H20BrN3O3. The van der Waals surface area contributed by atoms with Crippen LogP contribution < -0.4 is 5.32 Å². The number of halogens is 1. The van der Waals surface area contributed by atoms with Crippen molar-refractivity contribution in [2.24, 2.45) is 0 Å². The molecule has 0 radical (unpaired) electrons. The van der Waals surface area contributed by atoms with Crippen LogP contribution in [0.4, 0.5) is 5.69 Å². The van der Waals surface area contributed by atoms with Crippen molar-refractivity contribution in [3.05, 3.63) is 38.3 Å². The predicted octanol–water partition coefficient (Wildman–Crippen LogP) is 2.82. The monoisotopic (exact) mass is 357 g/mol. The minimum atomic E-state index is -0.514. The van der Waals surface area contributed by atoms with Crippen molar-refractivity contribution in [3.63, 3.8) is 0 Å². The molecule has 1 aromatic rings. The van der Waals surface area contributed by atoms with Crippen molar-refractivity contribution in [1.29, 1.82) is 0 Å². The lowest BCUT2D eigenvalue weighted by atomic mass is 10.2. The minimum absolute atomic E-state index is 0.0972. The maximum Gasteiger partial charge on any atom is 0.270 e. The molecule has 1 atom stereocenters. The zero-order valence-electron chi connectivity index (χ0n) is 12.4. The van der Waals surface area contributed by atoms with Crippen LogP contribution in [0.3, 0.4) is 0 Å². The van der Waals surface area contributed by atoms with Crippen molar-refractivity contribution in [1.82, 2.24) is 10.2 Å². The largest absolute Gasteiger partial charge is 0.351 e. The second kappa shape index (κ2) is 8.09. The van der Waals surface area contributed by atoms with Gasteiger partial charge in [-0.25, -0.2) is 0 Å². The molecule has 21 heavy (non-hydrogen) atoms. The van der Waals surface area contributed by atoms with E-state index in [1.165, 1.54) is 18.2 Å². The van der Waals surface area contributed by atoms with Gasteiger partial charge in [0.05, 0.1) is 10.5 Å². The molecule has 0 aromatic heterocycles. The third-order valence-corrected chi connectivity index (χ3v) is 4.19. The summed E-state index contributed by atoms with van der Waals surface area (Å²) in [6.07, 6.45) is 1.04. The minimum Gasteiger partial charge on any atom is -0.351 e. The number of carbonyl (C=O) groups excluding carboxylic acids is 1. The van der Waals surface area contributed by atoms with E-state index in [2.05, 4.69) is 40.0 Å². The molecule has 0 heterocycles. The van der Waals surface area contributed by atoms with Gasteiger partial charge in [-0.2, -0.15) is 0 Å². The molecule has 0 aliphatic rings. The van der Waals surface area contributed by atoms with Crippen molar-refractivity contribution in [2.45, 2.75) is 26.3 Å². The Kier molecular flexibility index (Phi) is 6.77. The van der Waals surface area contributed by atoms with Crippen LogP contribution in [0.25, 0.3) is 0 Å². The number of rotatable bonds is 7. The van der Waals surface area contributed by atoms with Crippen LogP contribution >= 0.6 is 15.9 Å². The van der Waals surface area contributed by atoms with Crippen LogP contribution in [-0.4, -0.2) is 41.9 Å². The van der Waals surface area contributed by atoms with Gasteiger partial charge in [0.15, 0.2) is 0 Å². The lowest BCUT2D eigenvalue weighted by Gasteiger charge is -2.23. The van der Waals surface area contributed by atoms with E-state index in [1.807, 2.05) is 7.05 Å². The molecule has 1 aromatic carbocycles. The van der Waals surface area contributed by atoms with E-state index in [0.717, 1.165) is 13.0 Å². The molecule has 116 valence electrons. The second-order valence-corrected chi connectivity index (χ2v) is 5.77. The van der Waals surface area contributed by atoms with Gasteiger partial charge < -0.3 is 10.2 Å². The summed E-state index contributed by atoms with van der Waals surface area (Å²) in [5, 5.41) is 13.5. The van der Waals surface area contributed by atoms with E-state index >= 15 is 0 Å². The molecule has 6 nitrogen and oxygen atoms in total. The molecule has 1 amide bonds. The average molecular weight is 358 g/mol. The highest BCUT2D eigenvalue weighted by atomic mass is 79.9. The molecule has 0 bridgehead atoms. The topological polar surface area (TPSA) is 75.5 Å². The summed E-state index contributed by atoms with van der Waals surface area (Å²) < 4.78 is 0.542. The Hall–Kier alpha value is -1.47. The van der Waals surface area contributed by atoms with Gasteiger partial charge in [-0.3, -0.25) is 14.9 Å². The molecule has 0 fully saturated rings. The number of nitro groups is 1. The number of likely N-dealkylation sites (N-methyl/N-ethyl adjacent to an activating group) is 1. The maximum atomic E-state index is 12.1. The van der Waals surface area contributed by atoms with Crippen LogP contribution in [0, 0.1) is 10.1 Å². The van der Waals surface area contributed by atoms with E-state index in [9.17, 15) is 14.9 Å². The van der Waals surface area contributed by atoms with Gasteiger partial charge in [0.2, 0.25) is 0 Å². The summed E-state index contributed by atoms with van der Waals surface area (Å²) in [4.78, 5) is 24.5. The smallest absolute Gasteiger partial charge is 0.270 e. The fourth-order valence-electron chi connectivity index (χ4n) is 1.77. The number of non-ortho nitro benzene ring substituents is 1. The summed E-state index contributed by atoms with van der Waals surface area (Å²) in [6.45, 7) is 5.46. The van der Waals surface area contributed by atoms with Gasteiger partial charge in [0, 0.05) is 35.7 Å². The fourth-order valence-corrected chi connectivity index (χ4v) is 2.20. The molecule has 1 unspecified atom stereocenters. The number of carbonyl (C=O) groups is 1. The number of hydrogen-bond donors (Lipinski definition) is 1. The summed E-state index contributed by atoms with van der Waals surface area (Å²) in [6, 6.07) is 4.60. The second-order valence-electron chi connectivity index (χ2n) is 4.92. The van der Waals surface area contributed by atoms with E-state index in [1.54, 1.807) is 0 Å². The Balaban J connectivity index is 2.64. The number of nitrogens with one attached hydrogen (secondary N) is 1. The zero-order chi connectivity index (χ0) is 16.0. The molecule has 0 saturated carbocycles. The molecule has 1 rings (SSSR count). The standard InChI is InChI=1S/C14H20BrN3O3/c1-4-10(2)17(3)8-7-16-14(19)12-9-11(18(20)21)5-6-13(12)15/h5-6,9-10H,4,7-8H2,1-3H3,(H,16,19). The van der Waals surface area contributed by atoms with Gasteiger partial charge in [-0.05, 0) is 42.4 Å². The summed E-state index contributed by atoms with van der Waals surface area (Å²) in [7, 11) is 2.00. The van der Waals surface area contributed by atoms with Crippen LogP contribution in [0.15, 0.2) is 22.7 Å². The number of nitrogens with zero attached hydrogens (tertiary/aromatic N) is 2. The fraction of sp³-hybridized carbons (Fsp3) is 0.500. The van der Waals surface area contributed by atoms with Crippen LogP contribution in [0.2, 0.25) is 0 Å². The van der Waals surface area contributed by atoms with Gasteiger partial charge in [0.25, 0.3) is 11.6 Å². The van der Waals surface area contributed by atoms with Crippen molar-refractivity contribution >= 4 is 27.5 Å². The van der Waals surface area contributed by atoms with E-state index in [4.69, 9.17) is 0 Å². The van der Waals surface area contributed by atoms with Gasteiger partial charge >= 0.3 is 0 Å². The Morgan fingerprint density at radius 2 is 2.19 bits per heavy atom. The van der Waals surface area contributed by atoms with Gasteiger partial charge in [-0.15, -0.1) is 0 Å². The molecule has 1 N–H and O–H groups in total. The Labute approximate surface area is 132 Å². The van der Waals surface area contributed by atoms with Crippen molar-refractivity contribution in [2.75, 3.05) is 20.1 Å². The van der Waals surface area contributed by atoms with Crippen molar-refractivity contribution < 1.29 is 9.72 Å². The first-order valence-corrected chi connectivity index (χ1v) is 7.58. The van der Waals surface area contributed by atoms with Crippen LogP contribution in [0.5, 0.6) is 0 Å².